The fourth-order valence-electron chi connectivity index (χ4n) is 4.28. The van der Waals surface area contributed by atoms with Crippen molar-refractivity contribution in [2.45, 2.75) is 20.4 Å². The Hall–Kier alpha value is -3.55. The van der Waals surface area contributed by atoms with Gasteiger partial charge >= 0.3 is 0 Å². The highest BCUT2D eigenvalue weighted by Gasteiger charge is 2.27. The molecule has 1 aliphatic rings. The number of para-hydroxylation sites is 3. The number of carbonyl (C=O) groups is 1. The van der Waals surface area contributed by atoms with Crippen molar-refractivity contribution in [1.82, 2.24) is 14.5 Å². The number of amides is 1. The lowest BCUT2D eigenvalue weighted by atomic mass is 10.1. The zero-order valence-electron chi connectivity index (χ0n) is 19.6. The van der Waals surface area contributed by atoms with Crippen LogP contribution in [0.3, 0.4) is 0 Å². The molecule has 0 unspecified atom stereocenters. The first kappa shape index (κ1) is 22.6. The molecule has 1 amide bonds. The molecule has 1 aliphatic heterocycles. The molecule has 8 nitrogen and oxygen atoms in total. The molecule has 1 aromatic heterocycles. The molecule has 0 radical (unpaired) electrons. The minimum Gasteiger partial charge on any atom is -0.493 e. The third kappa shape index (κ3) is 4.37. The molecule has 4 rings (SSSR count). The van der Waals surface area contributed by atoms with Crippen molar-refractivity contribution in [3.05, 3.63) is 58.4 Å². The van der Waals surface area contributed by atoms with Crippen LogP contribution in [0.4, 0.5) is 5.82 Å². The van der Waals surface area contributed by atoms with Crippen molar-refractivity contribution in [1.29, 1.82) is 0 Å². The molecule has 0 aliphatic carbocycles. The third-order valence-corrected chi connectivity index (χ3v) is 5.88. The predicted octanol–water partition coefficient (Wildman–Crippen LogP) is 3.03. The summed E-state index contributed by atoms with van der Waals surface area (Å²) in [7, 11) is 3.08. The maximum Gasteiger partial charge on any atom is 0.294 e. The number of nitrogens with zero attached hydrogens (tertiary/aromatic N) is 4. The number of methoxy groups -OCH3 is 2. The van der Waals surface area contributed by atoms with Gasteiger partial charge in [0, 0.05) is 32.7 Å². The lowest BCUT2D eigenvalue weighted by Gasteiger charge is -2.35. The van der Waals surface area contributed by atoms with Crippen LogP contribution in [-0.4, -0.2) is 60.8 Å². The predicted molar refractivity (Wildman–Crippen MR) is 129 cm³/mol. The van der Waals surface area contributed by atoms with Crippen LogP contribution in [0.5, 0.6) is 11.5 Å². The van der Waals surface area contributed by atoms with Gasteiger partial charge in [0.2, 0.25) is 0 Å². The summed E-state index contributed by atoms with van der Waals surface area (Å²) in [6.45, 7) is 6.84. The second-order valence-corrected chi connectivity index (χ2v) is 8.55. The summed E-state index contributed by atoms with van der Waals surface area (Å²) in [6, 6.07) is 13.0. The van der Waals surface area contributed by atoms with E-state index in [1.165, 1.54) is 7.11 Å². The first-order valence-electron chi connectivity index (χ1n) is 11.2. The van der Waals surface area contributed by atoms with Crippen LogP contribution < -0.4 is 19.9 Å². The van der Waals surface area contributed by atoms with E-state index >= 15 is 0 Å². The van der Waals surface area contributed by atoms with Gasteiger partial charge in [-0.2, -0.15) is 0 Å². The maximum atomic E-state index is 13.4. The van der Waals surface area contributed by atoms with Crippen LogP contribution in [0.1, 0.15) is 24.2 Å². The van der Waals surface area contributed by atoms with Crippen LogP contribution >= 0.6 is 0 Å². The van der Waals surface area contributed by atoms with Crippen molar-refractivity contribution in [3.8, 4) is 11.5 Å². The molecule has 1 saturated heterocycles. The lowest BCUT2D eigenvalue weighted by molar-refractivity contribution is 0.0742. The molecule has 0 N–H and O–H groups in total. The van der Waals surface area contributed by atoms with Crippen molar-refractivity contribution in [3.63, 3.8) is 0 Å². The summed E-state index contributed by atoms with van der Waals surface area (Å²) in [6.07, 6.45) is 0. The average molecular weight is 451 g/mol. The Morgan fingerprint density at radius 1 is 1.00 bits per heavy atom. The number of anilines is 1. The topological polar surface area (TPSA) is 76.9 Å². The molecule has 2 aromatic carbocycles. The SMILES string of the molecule is COc1cccc(C(=O)N2CCN(c3nc4ccccc4n(CC(C)C)c3=O)CC2)c1OC. The monoisotopic (exact) mass is 450 g/mol. The molecule has 0 atom stereocenters. The fourth-order valence-corrected chi connectivity index (χ4v) is 4.28. The van der Waals surface area contributed by atoms with Gasteiger partial charge in [-0.1, -0.05) is 32.0 Å². The summed E-state index contributed by atoms with van der Waals surface area (Å²) in [5.41, 5.74) is 2.02. The number of carbonyl (C=O) groups excluding carboxylic acids is 1. The van der Waals surface area contributed by atoms with Gasteiger partial charge in [-0.25, -0.2) is 4.98 Å². The summed E-state index contributed by atoms with van der Waals surface area (Å²) in [5.74, 6) is 1.61. The molecule has 33 heavy (non-hydrogen) atoms. The highest BCUT2D eigenvalue weighted by molar-refractivity contribution is 5.98. The minimum atomic E-state index is -0.117. The minimum absolute atomic E-state index is 0.0864. The summed E-state index contributed by atoms with van der Waals surface area (Å²) >= 11 is 0. The molecule has 2 heterocycles. The Morgan fingerprint density at radius 2 is 1.73 bits per heavy atom. The van der Waals surface area contributed by atoms with Crippen molar-refractivity contribution in [2.24, 2.45) is 5.92 Å². The van der Waals surface area contributed by atoms with E-state index in [4.69, 9.17) is 14.5 Å². The van der Waals surface area contributed by atoms with Crippen LogP contribution in [-0.2, 0) is 6.54 Å². The molecule has 0 spiro atoms. The van der Waals surface area contributed by atoms with Crippen LogP contribution in [0, 0.1) is 5.92 Å². The largest absolute Gasteiger partial charge is 0.493 e. The molecular weight excluding hydrogens is 420 g/mol. The van der Waals surface area contributed by atoms with Gasteiger partial charge in [0.15, 0.2) is 17.3 Å². The smallest absolute Gasteiger partial charge is 0.294 e. The van der Waals surface area contributed by atoms with E-state index in [-0.39, 0.29) is 11.5 Å². The quantitative estimate of drug-likeness (QED) is 0.575. The Balaban J connectivity index is 1.58. The van der Waals surface area contributed by atoms with E-state index in [2.05, 4.69) is 13.8 Å². The summed E-state index contributed by atoms with van der Waals surface area (Å²) < 4.78 is 12.6. The fraction of sp³-hybridized carbons (Fsp3) is 0.400. The van der Waals surface area contributed by atoms with Crippen molar-refractivity contribution >= 4 is 22.8 Å². The molecule has 8 heteroatoms. The van der Waals surface area contributed by atoms with E-state index < -0.39 is 0 Å². The van der Waals surface area contributed by atoms with Gasteiger partial charge < -0.3 is 23.8 Å². The van der Waals surface area contributed by atoms with Crippen molar-refractivity contribution in [2.75, 3.05) is 45.3 Å². The van der Waals surface area contributed by atoms with Gasteiger partial charge in [0.25, 0.3) is 11.5 Å². The first-order chi connectivity index (χ1) is 15.9. The zero-order chi connectivity index (χ0) is 23.5. The number of ether oxygens (including phenoxy) is 2. The van der Waals surface area contributed by atoms with E-state index in [0.29, 0.717) is 61.5 Å². The Kier molecular flexibility index (Phi) is 6.53. The Morgan fingerprint density at radius 3 is 2.39 bits per heavy atom. The first-order valence-corrected chi connectivity index (χ1v) is 11.2. The molecule has 3 aromatic rings. The lowest BCUT2D eigenvalue weighted by Crippen LogP contribution is -2.50. The van der Waals surface area contributed by atoms with Gasteiger partial charge in [0.05, 0.1) is 30.8 Å². The van der Waals surface area contributed by atoms with Gasteiger partial charge in [0.1, 0.15) is 0 Å². The molecule has 0 saturated carbocycles. The average Bonchev–Trinajstić information content (AvgIpc) is 2.84. The van der Waals surface area contributed by atoms with E-state index in [0.717, 1.165) is 11.0 Å². The van der Waals surface area contributed by atoms with Gasteiger partial charge in [-0.3, -0.25) is 9.59 Å². The van der Waals surface area contributed by atoms with Gasteiger partial charge in [-0.05, 0) is 30.2 Å². The Labute approximate surface area is 193 Å². The standard InChI is InChI=1S/C25H30N4O4/c1-17(2)16-29-20-10-6-5-9-19(20)26-23(25(29)31)27-12-14-28(15-13-27)24(30)18-8-7-11-21(32-3)22(18)33-4/h5-11,17H,12-16H2,1-4H3. The highest BCUT2D eigenvalue weighted by Crippen LogP contribution is 2.31. The number of aromatic nitrogens is 2. The van der Waals surface area contributed by atoms with Crippen molar-refractivity contribution < 1.29 is 14.3 Å². The van der Waals surface area contributed by atoms with E-state index in [9.17, 15) is 9.59 Å². The third-order valence-electron chi connectivity index (χ3n) is 5.88. The van der Waals surface area contributed by atoms with Gasteiger partial charge in [-0.15, -0.1) is 0 Å². The number of benzene rings is 2. The second-order valence-electron chi connectivity index (χ2n) is 8.55. The molecule has 0 bridgehead atoms. The number of rotatable bonds is 6. The summed E-state index contributed by atoms with van der Waals surface area (Å²) in [4.78, 5) is 35.0. The summed E-state index contributed by atoms with van der Waals surface area (Å²) in [5, 5.41) is 0. The molecule has 174 valence electrons. The zero-order valence-corrected chi connectivity index (χ0v) is 19.6. The number of piperazine rings is 1. The second kappa shape index (κ2) is 9.52. The molecule has 1 fully saturated rings. The number of hydrogen-bond donors (Lipinski definition) is 0. The number of hydrogen-bond acceptors (Lipinski definition) is 6. The highest BCUT2D eigenvalue weighted by atomic mass is 16.5. The number of fused-ring (bicyclic) bond motifs is 1. The van der Waals surface area contributed by atoms with Crippen LogP contribution in [0.15, 0.2) is 47.3 Å². The van der Waals surface area contributed by atoms with Crippen LogP contribution in [0.25, 0.3) is 11.0 Å². The maximum absolute atomic E-state index is 13.4. The van der Waals surface area contributed by atoms with E-state index in [1.807, 2.05) is 33.7 Å². The normalized spacial score (nSPS) is 14.1. The van der Waals surface area contributed by atoms with Crippen LogP contribution in [0.2, 0.25) is 0 Å². The molecular formula is C25H30N4O4. The Bertz CT molecular complexity index is 1210. The van der Waals surface area contributed by atoms with E-state index in [1.54, 1.807) is 30.2 Å².